The zero-order valence-corrected chi connectivity index (χ0v) is 3.38. The van der Waals surface area contributed by atoms with Crippen LogP contribution >= 0.6 is 0 Å². The van der Waals surface area contributed by atoms with E-state index in [9.17, 15) is 4.79 Å². The van der Waals surface area contributed by atoms with E-state index >= 15 is 0 Å². The van der Waals surface area contributed by atoms with Crippen LogP contribution in [0.5, 0.6) is 0 Å². The molecule has 0 spiro atoms. The minimum Gasteiger partial charge on any atom is -0.480 e. The second-order valence-corrected chi connectivity index (χ2v) is 1.01. The lowest BCUT2D eigenvalue weighted by molar-refractivity contribution is -0.138. The van der Waals surface area contributed by atoms with E-state index in [-0.39, 0.29) is 5.72 Å². The highest BCUT2D eigenvalue weighted by atomic mass is 16.4. The van der Waals surface area contributed by atoms with Gasteiger partial charge in [0.05, 0.1) is 0 Å². The molecule has 3 heteroatoms. The Balaban J connectivity index is 3.64. The normalized spacial score (nSPS) is 19.0. The molecule has 6 heavy (non-hydrogen) atoms. The van der Waals surface area contributed by atoms with Crippen LogP contribution in [0.15, 0.2) is 0 Å². The molecular weight excluding hydrogens is 83.0 g/mol. The van der Waals surface area contributed by atoms with Crippen molar-refractivity contribution in [3.05, 3.63) is 0 Å². The molecule has 0 heterocycles. The predicted molar refractivity (Wildman–Crippen MR) is 21.3 cm³/mol. The molecule has 0 fully saturated rings. The standard InChI is InChI=1S/C3H7NO2/c1-2(4)3(5)6/h2H,4H2,1H3,(H,5,6)/t2-/m1/s1/i4+1/hD2. The van der Waals surface area contributed by atoms with Gasteiger partial charge in [-0.25, -0.2) is 0 Å². The Kier molecular flexibility index (Phi) is 0.759. The first-order chi connectivity index (χ1) is 3.55. The van der Waals surface area contributed by atoms with E-state index in [1.165, 1.54) is 6.92 Å². The Morgan fingerprint density at radius 2 is 2.83 bits per heavy atom. The van der Waals surface area contributed by atoms with E-state index < -0.39 is 12.0 Å². The Hall–Kier alpha value is -0.570. The van der Waals surface area contributed by atoms with E-state index in [1.807, 2.05) is 0 Å². The quantitative estimate of drug-likeness (QED) is 0.448. The van der Waals surface area contributed by atoms with Crippen molar-refractivity contribution in [2.75, 3.05) is 0 Å². The van der Waals surface area contributed by atoms with E-state index in [1.54, 1.807) is 0 Å². The molecule has 1 atom stereocenters. The number of hydrogen-bond donors (Lipinski definition) is 2. The molecule has 0 radical (unpaired) electrons. The largest absolute Gasteiger partial charge is 0.480 e. The van der Waals surface area contributed by atoms with Crippen molar-refractivity contribution in [1.82, 2.24) is 0 Å². The van der Waals surface area contributed by atoms with Gasteiger partial charge in [0.15, 0.2) is 0 Å². The van der Waals surface area contributed by atoms with Gasteiger partial charge in [-0.05, 0) is 6.92 Å². The third-order valence-electron chi connectivity index (χ3n) is 0.357. The van der Waals surface area contributed by atoms with Gasteiger partial charge in [0.25, 0.3) is 0 Å². The van der Waals surface area contributed by atoms with Crippen molar-refractivity contribution in [2.45, 2.75) is 13.0 Å². The lowest BCUT2D eigenvalue weighted by Gasteiger charge is -1.90. The molecule has 0 amide bonds. The minimum atomic E-state index is -1.16. The summed E-state index contributed by atoms with van der Waals surface area (Å²) in [5.41, 5.74) is 0.141. The average molecular weight is 92.1 g/mol. The van der Waals surface area contributed by atoms with E-state index in [4.69, 9.17) is 7.93 Å². The SMILES string of the molecule is [2H][15N]([2H])[C@H](C)C(=O)O. The molecule has 0 saturated heterocycles. The van der Waals surface area contributed by atoms with Crippen molar-refractivity contribution in [3.8, 4) is 0 Å². The Morgan fingerprint density at radius 3 is 2.83 bits per heavy atom. The highest BCUT2D eigenvalue weighted by Gasteiger charge is 1.99. The van der Waals surface area contributed by atoms with Gasteiger partial charge < -0.3 is 10.8 Å². The maximum Gasteiger partial charge on any atom is 0.320 e. The number of carbonyl (C=O) groups is 1. The van der Waals surface area contributed by atoms with Gasteiger partial charge in [0.1, 0.15) is 8.87 Å². The van der Waals surface area contributed by atoms with Gasteiger partial charge in [-0.1, -0.05) is 0 Å². The smallest absolute Gasteiger partial charge is 0.320 e. The third kappa shape index (κ3) is 1.72. The number of nitrogens with two attached hydrogens (primary N) is 1. The molecule has 0 unspecified atom stereocenters. The lowest BCUT2D eigenvalue weighted by Crippen LogP contribution is -2.25. The van der Waals surface area contributed by atoms with Crippen molar-refractivity contribution in [1.29, 1.82) is 0 Å². The fourth-order valence-corrected chi connectivity index (χ4v) is 0. The van der Waals surface area contributed by atoms with Crippen molar-refractivity contribution in [2.24, 2.45) is 5.72 Å². The maximum absolute atomic E-state index is 9.86. The Bertz CT molecular complexity index is 95.3. The third-order valence-corrected chi connectivity index (χ3v) is 0.357. The summed E-state index contributed by atoms with van der Waals surface area (Å²) in [6, 6.07) is -1.05. The molecule has 3 nitrogen and oxygen atoms in total. The van der Waals surface area contributed by atoms with Gasteiger partial charge in [0.2, 0.25) is 0 Å². The van der Waals surface area contributed by atoms with E-state index in [0.717, 1.165) is 0 Å². The van der Waals surface area contributed by atoms with Crippen molar-refractivity contribution < 1.29 is 12.7 Å². The highest BCUT2D eigenvalue weighted by Crippen LogP contribution is 1.68. The molecule has 0 aliphatic rings. The van der Waals surface area contributed by atoms with Gasteiger partial charge in [-0.3, -0.25) is 4.79 Å². The van der Waals surface area contributed by atoms with Crippen molar-refractivity contribution >= 4 is 5.97 Å². The zero-order valence-electron chi connectivity index (χ0n) is 5.38. The molecule has 0 aliphatic heterocycles. The first kappa shape index (κ1) is 2.58. The summed E-state index contributed by atoms with van der Waals surface area (Å²) >= 11 is 0. The number of aliphatic carboxylic acids is 1. The molecule has 0 saturated carbocycles. The van der Waals surface area contributed by atoms with Gasteiger partial charge >= 0.3 is 5.97 Å². The summed E-state index contributed by atoms with van der Waals surface area (Å²) in [6.45, 7) is 1.27. The minimum absolute atomic E-state index is 0.141. The molecule has 36 valence electrons. The Labute approximate surface area is 38.7 Å². The van der Waals surface area contributed by atoms with Crippen LogP contribution in [-0.4, -0.2) is 17.1 Å². The van der Waals surface area contributed by atoms with Crippen molar-refractivity contribution in [3.63, 3.8) is 0 Å². The predicted octanol–water partition coefficient (Wildman–Crippen LogP) is -0.582. The van der Waals surface area contributed by atoms with Gasteiger partial charge in [-0.15, -0.1) is 0 Å². The van der Waals surface area contributed by atoms with Crippen LogP contribution in [0.4, 0.5) is 0 Å². The second kappa shape index (κ2) is 1.77. The van der Waals surface area contributed by atoms with Gasteiger partial charge in [-0.2, -0.15) is 0 Å². The van der Waals surface area contributed by atoms with Crippen LogP contribution in [0.25, 0.3) is 0 Å². The average Bonchev–Trinajstić information content (AvgIpc) is 1.64. The summed E-state index contributed by atoms with van der Waals surface area (Å²) in [5, 5.41) is 8.07. The maximum atomic E-state index is 9.86. The number of carboxylic acid groups (broad SMARTS) is 1. The van der Waals surface area contributed by atoms with Crippen LogP contribution in [0.2, 0.25) is 2.82 Å². The molecule has 0 aromatic heterocycles. The zero-order chi connectivity index (χ0) is 6.73. The highest BCUT2D eigenvalue weighted by molar-refractivity contribution is 5.72. The fourth-order valence-electron chi connectivity index (χ4n) is 0. The molecule has 0 aromatic rings. The topological polar surface area (TPSA) is 63.3 Å². The van der Waals surface area contributed by atoms with Crippen LogP contribution in [0, 0.1) is 0 Å². The van der Waals surface area contributed by atoms with Crippen LogP contribution in [-0.2, 0) is 4.79 Å². The second-order valence-electron chi connectivity index (χ2n) is 1.01. The lowest BCUT2D eigenvalue weighted by atomic mass is 10.4. The van der Waals surface area contributed by atoms with Gasteiger partial charge in [0, 0.05) is 0 Å². The monoisotopic (exact) mass is 92.1 g/mol. The summed E-state index contributed by atoms with van der Waals surface area (Å²) in [4.78, 5) is 9.86. The summed E-state index contributed by atoms with van der Waals surface area (Å²) in [5.74, 6) is -1.16. The molecular formula is C3H7NO2. The van der Waals surface area contributed by atoms with Crippen LogP contribution in [0.1, 0.15) is 6.92 Å². The number of hydrogen-bond acceptors (Lipinski definition) is 2. The molecule has 3 N–H and O–H groups in total. The van der Waals surface area contributed by atoms with E-state index in [2.05, 4.69) is 0 Å². The number of rotatable bonds is 2. The van der Waals surface area contributed by atoms with E-state index in [0.29, 0.717) is 0 Å². The first-order valence-electron chi connectivity index (χ1n) is 2.45. The molecule has 0 aliphatic carbocycles. The summed E-state index contributed by atoms with van der Waals surface area (Å²) in [6.07, 6.45) is 0. The summed E-state index contributed by atoms with van der Waals surface area (Å²) < 4.78 is 12.9. The Morgan fingerprint density at radius 1 is 2.33 bits per heavy atom. The first-order valence-corrected chi connectivity index (χ1v) is 1.55. The summed E-state index contributed by atoms with van der Waals surface area (Å²) in [7, 11) is 0. The van der Waals surface area contributed by atoms with Crippen LogP contribution < -0.4 is 5.72 Å². The molecule has 0 rings (SSSR count). The number of carboxylic acids is 1. The molecule has 0 bridgehead atoms. The fraction of sp³-hybridized carbons (Fsp3) is 0.667. The molecule has 0 aromatic carbocycles. The van der Waals surface area contributed by atoms with Crippen LogP contribution in [0.3, 0.4) is 0 Å².